The highest BCUT2D eigenvalue weighted by atomic mass is 14.8. The van der Waals surface area contributed by atoms with Gasteiger partial charge in [-0.25, -0.2) is 4.98 Å². The van der Waals surface area contributed by atoms with Gasteiger partial charge in [-0.2, -0.15) is 4.98 Å². The van der Waals surface area contributed by atoms with Gasteiger partial charge < -0.3 is 0 Å². The van der Waals surface area contributed by atoms with Crippen molar-refractivity contribution in [3.8, 4) is 11.4 Å². The normalized spacial score (nSPS) is 11.8. The molecule has 0 bridgehead atoms. The minimum atomic E-state index is 1.07. The van der Waals surface area contributed by atoms with Crippen molar-refractivity contribution in [1.29, 1.82) is 0 Å². The molecule has 7 aromatic rings. The van der Waals surface area contributed by atoms with Gasteiger partial charge in [-0.1, -0.05) is 60.7 Å². The summed E-state index contributed by atoms with van der Waals surface area (Å²) in [6, 6.07) is 37.2. The smallest absolute Gasteiger partial charge is 0.206 e. The highest BCUT2D eigenvalue weighted by Crippen LogP contribution is 2.38. The number of aromatic amines is 2. The molecule has 2 N–H and O–H groups in total. The summed E-state index contributed by atoms with van der Waals surface area (Å²) < 4.78 is 0. The first-order chi connectivity index (χ1) is 15.9. The molecule has 0 radical (unpaired) electrons. The van der Waals surface area contributed by atoms with Gasteiger partial charge in [0.05, 0.1) is 5.39 Å². The summed E-state index contributed by atoms with van der Waals surface area (Å²) in [6.07, 6.45) is 1.96. The Balaban J connectivity index is 1.68. The molecular weight excluding hydrogens is 388 g/mol. The minimum absolute atomic E-state index is 1.07. The Bertz CT molecular complexity index is 1810. The van der Waals surface area contributed by atoms with Crippen LogP contribution >= 0.6 is 0 Å². The molecule has 2 heterocycles. The summed E-state index contributed by atoms with van der Waals surface area (Å²) >= 11 is 0. The lowest BCUT2D eigenvalue weighted by Crippen LogP contribution is -2.14. The van der Waals surface area contributed by atoms with Crippen LogP contribution in [0.4, 0.5) is 0 Å². The number of hydrogen-bond acceptors (Lipinski definition) is 0. The van der Waals surface area contributed by atoms with E-state index in [-0.39, 0.29) is 0 Å². The van der Waals surface area contributed by atoms with Gasteiger partial charge in [-0.3, -0.25) is 0 Å². The molecule has 2 nitrogen and oxygen atoms in total. The molecule has 0 saturated heterocycles. The van der Waals surface area contributed by atoms with Crippen LogP contribution < -0.4 is 9.97 Å². The van der Waals surface area contributed by atoms with Crippen molar-refractivity contribution in [2.24, 2.45) is 0 Å². The van der Waals surface area contributed by atoms with Crippen LogP contribution in [0, 0.1) is 0 Å². The number of nitrogens with one attached hydrogen (secondary N) is 2. The Morgan fingerprint density at radius 3 is 1.84 bits per heavy atom. The molecule has 2 aromatic heterocycles. The molecule has 2 heteroatoms. The Labute approximate surface area is 184 Å². The summed E-state index contributed by atoms with van der Waals surface area (Å²) in [5.41, 5.74) is 3.29. The van der Waals surface area contributed by atoms with E-state index in [2.05, 4.69) is 107 Å². The molecule has 0 unspecified atom stereocenters. The van der Waals surface area contributed by atoms with Crippen molar-refractivity contribution in [1.82, 2.24) is 0 Å². The second-order valence-corrected chi connectivity index (χ2v) is 8.39. The molecule has 0 atom stereocenters. The number of benzene rings is 5. The van der Waals surface area contributed by atoms with Crippen LogP contribution in [-0.4, -0.2) is 0 Å². The number of rotatable bonds is 1. The predicted octanol–water partition coefficient (Wildman–Crippen LogP) is 6.75. The first-order valence-corrected chi connectivity index (χ1v) is 11.0. The average molecular weight is 409 g/mol. The number of hydrogen-bond donors (Lipinski definition) is 0. The molecule has 148 valence electrons. The van der Waals surface area contributed by atoms with Crippen LogP contribution in [0.15, 0.2) is 109 Å². The SMILES string of the molecule is c1ccc(-c2ccc3c(ccc4ccc5ccc6ccc7ccccc7c6c5c43)[nH+]2)[nH+]c1. The van der Waals surface area contributed by atoms with Crippen molar-refractivity contribution in [2.75, 3.05) is 0 Å². The first kappa shape index (κ1) is 17.4. The molecule has 0 aliphatic heterocycles. The maximum absolute atomic E-state index is 3.65. The maximum atomic E-state index is 3.65. The lowest BCUT2D eigenvalue weighted by Gasteiger charge is -2.12. The highest BCUT2D eigenvalue weighted by molar-refractivity contribution is 6.31. The fourth-order valence-electron chi connectivity index (χ4n) is 5.11. The highest BCUT2D eigenvalue weighted by Gasteiger charge is 2.17. The summed E-state index contributed by atoms with van der Waals surface area (Å²) in [4.78, 5) is 6.98. The second-order valence-electron chi connectivity index (χ2n) is 8.39. The van der Waals surface area contributed by atoms with Crippen molar-refractivity contribution < 1.29 is 9.97 Å². The van der Waals surface area contributed by atoms with Crippen LogP contribution in [0.3, 0.4) is 0 Å². The van der Waals surface area contributed by atoms with Gasteiger partial charge in [0.15, 0.2) is 6.20 Å². The summed E-state index contributed by atoms with van der Waals surface area (Å²) in [6.45, 7) is 0. The lowest BCUT2D eigenvalue weighted by molar-refractivity contribution is -0.389. The lowest BCUT2D eigenvalue weighted by atomic mass is 9.91. The third kappa shape index (κ3) is 2.47. The Hall–Kier alpha value is -4.30. The van der Waals surface area contributed by atoms with Crippen LogP contribution in [0.5, 0.6) is 0 Å². The third-order valence-corrected chi connectivity index (χ3v) is 6.60. The molecule has 0 saturated carbocycles. The van der Waals surface area contributed by atoms with Crippen LogP contribution in [0.1, 0.15) is 0 Å². The number of fused-ring (bicyclic) bond motifs is 9. The quantitative estimate of drug-likeness (QED) is 0.269. The molecule has 0 aliphatic carbocycles. The molecule has 7 rings (SSSR count). The van der Waals surface area contributed by atoms with E-state index in [0.29, 0.717) is 0 Å². The van der Waals surface area contributed by atoms with E-state index in [1.54, 1.807) is 0 Å². The van der Waals surface area contributed by atoms with E-state index in [4.69, 9.17) is 0 Å². The Morgan fingerprint density at radius 1 is 0.406 bits per heavy atom. The molecule has 5 aromatic carbocycles. The van der Waals surface area contributed by atoms with Crippen molar-refractivity contribution in [2.45, 2.75) is 0 Å². The number of pyridine rings is 2. The van der Waals surface area contributed by atoms with Crippen LogP contribution in [0.2, 0.25) is 0 Å². The van der Waals surface area contributed by atoms with Crippen molar-refractivity contribution in [3.05, 3.63) is 109 Å². The van der Waals surface area contributed by atoms with Gasteiger partial charge in [0.25, 0.3) is 11.4 Å². The summed E-state index contributed by atoms with van der Waals surface area (Å²) in [7, 11) is 0. The number of aromatic nitrogens is 2. The third-order valence-electron chi connectivity index (χ3n) is 6.60. The van der Waals surface area contributed by atoms with Crippen LogP contribution in [-0.2, 0) is 0 Å². The Kier molecular flexibility index (Phi) is 3.58. The zero-order chi connectivity index (χ0) is 21.1. The average Bonchev–Trinajstić information content (AvgIpc) is 2.87. The maximum Gasteiger partial charge on any atom is 0.276 e. The predicted molar refractivity (Wildman–Crippen MR) is 133 cm³/mol. The second kappa shape index (κ2) is 6.60. The molecule has 0 amide bonds. The molecule has 0 spiro atoms. The van der Waals surface area contributed by atoms with Gasteiger partial charge in [-0.05, 0) is 55.9 Å². The fraction of sp³-hybridized carbons (Fsp3) is 0. The Morgan fingerprint density at radius 2 is 1.06 bits per heavy atom. The molecule has 32 heavy (non-hydrogen) atoms. The zero-order valence-corrected chi connectivity index (χ0v) is 17.4. The first-order valence-electron chi connectivity index (χ1n) is 11.0. The van der Waals surface area contributed by atoms with E-state index < -0.39 is 0 Å². The van der Waals surface area contributed by atoms with Gasteiger partial charge in [-0.15, -0.1) is 0 Å². The van der Waals surface area contributed by atoms with Crippen molar-refractivity contribution >= 4 is 54.0 Å². The van der Waals surface area contributed by atoms with E-state index in [0.717, 1.165) is 16.9 Å². The minimum Gasteiger partial charge on any atom is -0.206 e. The fourth-order valence-corrected chi connectivity index (χ4v) is 5.11. The van der Waals surface area contributed by atoms with E-state index in [1.807, 2.05) is 12.3 Å². The zero-order valence-electron chi connectivity index (χ0n) is 17.4. The number of H-pyrrole nitrogens is 2. The molecule has 0 fully saturated rings. The topological polar surface area (TPSA) is 28.3 Å². The van der Waals surface area contributed by atoms with Gasteiger partial charge in [0.2, 0.25) is 5.52 Å². The van der Waals surface area contributed by atoms with Gasteiger partial charge in [0.1, 0.15) is 0 Å². The molecular formula is C30H20N2+2. The van der Waals surface area contributed by atoms with Crippen molar-refractivity contribution in [3.63, 3.8) is 0 Å². The molecule has 0 aliphatic rings. The van der Waals surface area contributed by atoms with Crippen LogP contribution in [0.25, 0.3) is 65.4 Å². The summed E-state index contributed by atoms with van der Waals surface area (Å²) in [5.74, 6) is 0. The van der Waals surface area contributed by atoms with E-state index in [1.165, 1.54) is 48.5 Å². The largest absolute Gasteiger partial charge is 0.276 e. The van der Waals surface area contributed by atoms with Gasteiger partial charge >= 0.3 is 0 Å². The van der Waals surface area contributed by atoms with Gasteiger partial charge in [0, 0.05) is 29.7 Å². The monoisotopic (exact) mass is 408 g/mol. The van der Waals surface area contributed by atoms with E-state index >= 15 is 0 Å². The summed E-state index contributed by atoms with van der Waals surface area (Å²) in [5, 5.41) is 11.6. The standard InChI is InChI=1S/C30H18N2/c1-2-6-23-19(5-1)8-9-20-10-12-22-13-11-21-14-16-25-24(29(21)30(22)28(20)23)15-17-27(32-25)26-7-3-4-18-31-26/h1-18H/p+2. The van der Waals surface area contributed by atoms with E-state index in [9.17, 15) is 0 Å².